The maximum atomic E-state index is 12.7. The highest BCUT2D eigenvalue weighted by Crippen LogP contribution is 2.32. The van der Waals surface area contributed by atoms with Crippen molar-refractivity contribution in [3.8, 4) is 0 Å². The van der Waals surface area contributed by atoms with Gasteiger partial charge in [0.2, 0.25) is 5.91 Å². The van der Waals surface area contributed by atoms with E-state index in [0.717, 1.165) is 50.8 Å². The van der Waals surface area contributed by atoms with E-state index in [1.807, 2.05) is 4.90 Å². The SMILES string of the molecule is COC(=O)c1ccc(/C=C2\SC(=S)N(CCCCCC(=O)N3CCCCC3)C2=O)cc1. The Morgan fingerprint density at radius 1 is 1.10 bits per heavy atom. The van der Waals surface area contributed by atoms with Crippen LogP contribution in [0.3, 0.4) is 0 Å². The molecule has 166 valence electrons. The molecule has 0 N–H and O–H groups in total. The zero-order chi connectivity index (χ0) is 22.2. The summed E-state index contributed by atoms with van der Waals surface area (Å²) in [6.45, 7) is 2.36. The van der Waals surface area contributed by atoms with Crippen molar-refractivity contribution in [2.75, 3.05) is 26.7 Å². The van der Waals surface area contributed by atoms with Gasteiger partial charge < -0.3 is 9.64 Å². The Bertz CT molecular complexity index is 861. The molecular formula is C23H28N2O4S2. The minimum absolute atomic E-state index is 0.0866. The van der Waals surface area contributed by atoms with E-state index in [-0.39, 0.29) is 11.8 Å². The number of unbranched alkanes of at least 4 members (excludes halogenated alkanes) is 2. The summed E-state index contributed by atoms with van der Waals surface area (Å²) in [5, 5.41) is 0. The first kappa shape index (κ1) is 23.5. The van der Waals surface area contributed by atoms with Crippen molar-refractivity contribution in [3.63, 3.8) is 0 Å². The highest BCUT2D eigenvalue weighted by Gasteiger charge is 2.31. The number of carbonyl (C=O) groups is 3. The fraction of sp³-hybridized carbons (Fsp3) is 0.478. The molecule has 1 aromatic carbocycles. The van der Waals surface area contributed by atoms with Crippen LogP contribution >= 0.6 is 24.0 Å². The van der Waals surface area contributed by atoms with Crippen LogP contribution in [-0.2, 0) is 14.3 Å². The van der Waals surface area contributed by atoms with Gasteiger partial charge in [-0.15, -0.1) is 0 Å². The van der Waals surface area contributed by atoms with Crippen LogP contribution in [0.25, 0.3) is 6.08 Å². The number of nitrogens with zero attached hydrogens (tertiary/aromatic N) is 2. The number of thioether (sulfide) groups is 1. The molecule has 3 rings (SSSR count). The lowest BCUT2D eigenvalue weighted by Crippen LogP contribution is -2.35. The molecule has 0 radical (unpaired) electrons. The highest BCUT2D eigenvalue weighted by molar-refractivity contribution is 8.26. The number of ether oxygens (including phenoxy) is 1. The molecule has 0 aromatic heterocycles. The second-order valence-electron chi connectivity index (χ2n) is 7.70. The van der Waals surface area contributed by atoms with Crippen LogP contribution in [0.1, 0.15) is 60.9 Å². The average Bonchev–Trinajstić information content (AvgIpc) is 3.06. The van der Waals surface area contributed by atoms with E-state index in [1.165, 1.54) is 25.3 Å². The number of benzene rings is 1. The van der Waals surface area contributed by atoms with Gasteiger partial charge in [0.25, 0.3) is 5.91 Å². The molecule has 6 nitrogen and oxygen atoms in total. The van der Waals surface area contributed by atoms with Crippen LogP contribution in [0.2, 0.25) is 0 Å². The smallest absolute Gasteiger partial charge is 0.337 e. The van der Waals surface area contributed by atoms with Crippen molar-refractivity contribution in [2.24, 2.45) is 0 Å². The summed E-state index contributed by atoms with van der Waals surface area (Å²) < 4.78 is 5.26. The molecule has 0 bridgehead atoms. The molecule has 2 aliphatic rings. The topological polar surface area (TPSA) is 66.9 Å². The molecule has 0 unspecified atom stereocenters. The predicted octanol–water partition coefficient (Wildman–Crippen LogP) is 4.25. The Labute approximate surface area is 193 Å². The van der Waals surface area contributed by atoms with Gasteiger partial charge in [0.15, 0.2) is 0 Å². The first-order valence-electron chi connectivity index (χ1n) is 10.7. The highest BCUT2D eigenvalue weighted by atomic mass is 32.2. The minimum Gasteiger partial charge on any atom is -0.465 e. The number of rotatable bonds is 8. The van der Waals surface area contributed by atoms with E-state index in [1.54, 1.807) is 35.2 Å². The van der Waals surface area contributed by atoms with E-state index in [0.29, 0.717) is 27.8 Å². The van der Waals surface area contributed by atoms with Crippen LogP contribution in [0.4, 0.5) is 0 Å². The van der Waals surface area contributed by atoms with E-state index in [4.69, 9.17) is 17.0 Å². The molecule has 2 saturated heterocycles. The molecule has 8 heteroatoms. The number of esters is 1. The Balaban J connectivity index is 1.45. The van der Waals surface area contributed by atoms with Crippen LogP contribution in [0.15, 0.2) is 29.2 Å². The monoisotopic (exact) mass is 460 g/mol. The van der Waals surface area contributed by atoms with Crippen LogP contribution in [-0.4, -0.2) is 58.6 Å². The van der Waals surface area contributed by atoms with Gasteiger partial charge >= 0.3 is 5.97 Å². The summed E-state index contributed by atoms with van der Waals surface area (Å²) in [6, 6.07) is 6.89. The lowest BCUT2D eigenvalue weighted by atomic mass is 10.1. The molecular weight excluding hydrogens is 432 g/mol. The summed E-state index contributed by atoms with van der Waals surface area (Å²) in [4.78, 5) is 40.7. The van der Waals surface area contributed by atoms with Crippen molar-refractivity contribution in [1.82, 2.24) is 9.80 Å². The lowest BCUT2D eigenvalue weighted by Gasteiger charge is -2.26. The number of amides is 2. The number of hydrogen-bond donors (Lipinski definition) is 0. The third-order valence-corrected chi connectivity index (χ3v) is 6.86. The van der Waals surface area contributed by atoms with E-state index < -0.39 is 5.97 Å². The van der Waals surface area contributed by atoms with Gasteiger partial charge in [0, 0.05) is 26.1 Å². The second kappa shape index (κ2) is 11.4. The first-order chi connectivity index (χ1) is 15.0. The fourth-order valence-corrected chi connectivity index (χ4v) is 5.01. The van der Waals surface area contributed by atoms with Crippen LogP contribution < -0.4 is 0 Å². The largest absolute Gasteiger partial charge is 0.465 e. The second-order valence-corrected chi connectivity index (χ2v) is 9.37. The molecule has 2 heterocycles. The van der Waals surface area contributed by atoms with Gasteiger partial charge in [-0.3, -0.25) is 14.5 Å². The molecule has 31 heavy (non-hydrogen) atoms. The van der Waals surface area contributed by atoms with Crippen molar-refractivity contribution in [3.05, 3.63) is 40.3 Å². The Morgan fingerprint density at radius 2 is 1.81 bits per heavy atom. The summed E-state index contributed by atoms with van der Waals surface area (Å²) >= 11 is 6.69. The Kier molecular flexibility index (Phi) is 8.66. The van der Waals surface area contributed by atoms with Gasteiger partial charge in [-0.1, -0.05) is 42.5 Å². The van der Waals surface area contributed by atoms with Crippen molar-refractivity contribution < 1.29 is 19.1 Å². The zero-order valence-electron chi connectivity index (χ0n) is 17.8. The quantitative estimate of drug-likeness (QED) is 0.250. The maximum Gasteiger partial charge on any atom is 0.337 e. The Hall–Kier alpha value is -2.19. The van der Waals surface area contributed by atoms with Gasteiger partial charge in [-0.05, 0) is 55.9 Å². The molecule has 0 aliphatic carbocycles. The molecule has 0 saturated carbocycles. The number of likely N-dealkylation sites (tertiary alicyclic amines) is 1. The molecule has 1 aromatic rings. The number of piperidine rings is 1. The summed E-state index contributed by atoms with van der Waals surface area (Å²) in [7, 11) is 1.34. The van der Waals surface area contributed by atoms with Crippen molar-refractivity contribution in [2.45, 2.75) is 44.9 Å². The van der Waals surface area contributed by atoms with E-state index in [2.05, 4.69) is 0 Å². The van der Waals surface area contributed by atoms with E-state index >= 15 is 0 Å². The molecule has 0 spiro atoms. The first-order valence-corrected chi connectivity index (χ1v) is 11.9. The third-order valence-electron chi connectivity index (χ3n) is 5.48. The van der Waals surface area contributed by atoms with Gasteiger partial charge in [-0.25, -0.2) is 4.79 Å². The van der Waals surface area contributed by atoms with Crippen molar-refractivity contribution >= 4 is 52.2 Å². The van der Waals surface area contributed by atoms with Gasteiger partial charge in [0.05, 0.1) is 17.6 Å². The molecule has 2 fully saturated rings. The molecule has 2 aliphatic heterocycles. The summed E-state index contributed by atoms with van der Waals surface area (Å²) in [5.74, 6) is -0.224. The molecule has 0 atom stereocenters. The van der Waals surface area contributed by atoms with Crippen LogP contribution in [0.5, 0.6) is 0 Å². The maximum absolute atomic E-state index is 12.7. The lowest BCUT2D eigenvalue weighted by molar-refractivity contribution is -0.132. The zero-order valence-corrected chi connectivity index (χ0v) is 19.4. The third kappa shape index (κ3) is 6.40. The number of carbonyl (C=O) groups excluding carboxylic acids is 3. The number of methoxy groups -OCH3 is 1. The summed E-state index contributed by atoms with van der Waals surface area (Å²) in [5.41, 5.74) is 1.29. The van der Waals surface area contributed by atoms with Gasteiger partial charge in [0.1, 0.15) is 4.32 Å². The Morgan fingerprint density at radius 3 is 2.48 bits per heavy atom. The summed E-state index contributed by atoms with van der Waals surface area (Å²) in [6.07, 6.45) is 8.38. The molecule has 2 amide bonds. The number of thiocarbonyl (C=S) groups is 1. The van der Waals surface area contributed by atoms with Crippen LogP contribution in [0, 0.1) is 0 Å². The van der Waals surface area contributed by atoms with Crippen molar-refractivity contribution in [1.29, 1.82) is 0 Å². The van der Waals surface area contributed by atoms with E-state index in [9.17, 15) is 14.4 Å². The standard InChI is InChI=1S/C23H28N2O4S2/c1-29-22(28)18-11-9-17(10-12-18)16-19-21(27)25(23(30)31-19)15-7-2-4-8-20(26)24-13-5-3-6-14-24/h9-12,16H,2-8,13-15H2,1H3/b19-16-. The van der Waals surface area contributed by atoms with Gasteiger partial charge in [-0.2, -0.15) is 0 Å². The predicted molar refractivity (Wildman–Crippen MR) is 127 cm³/mol. The number of hydrogen-bond acceptors (Lipinski definition) is 6. The fourth-order valence-electron chi connectivity index (χ4n) is 3.70. The average molecular weight is 461 g/mol. The normalized spacial score (nSPS) is 18.0. The minimum atomic E-state index is -0.393.